The fourth-order valence-electron chi connectivity index (χ4n) is 3.68. The average molecular weight is 454 g/mol. The van der Waals surface area contributed by atoms with Crippen LogP contribution in [0.1, 0.15) is 19.4 Å². The molecule has 0 saturated carbocycles. The Labute approximate surface area is 180 Å². The summed E-state index contributed by atoms with van der Waals surface area (Å²) >= 11 is 7.60. The lowest BCUT2D eigenvalue weighted by molar-refractivity contribution is 0.308. The van der Waals surface area contributed by atoms with E-state index < -0.39 is 15.4 Å². The second-order valence-electron chi connectivity index (χ2n) is 7.00. The predicted molar refractivity (Wildman–Crippen MR) is 122 cm³/mol. The highest BCUT2D eigenvalue weighted by Crippen LogP contribution is 2.36. The molecule has 29 heavy (non-hydrogen) atoms. The number of rotatable bonds is 8. The molecule has 0 fully saturated rings. The standard InChI is InChI=1S/C19H24ClN5O2S2/c1-3-24(4-2)8-7-13-12-21-16-6-5-14(11-15(13)16)23-29(26,27)18-17(20)22-19-25(18)9-10-28-19/h5-6,9-12,18-19,21,23H,3-4,7-8H2,1-2H3. The Morgan fingerprint density at radius 1 is 1.34 bits per heavy atom. The fourth-order valence-corrected chi connectivity index (χ4v) is 6.62. The largest absolute Gasteiger partial charge is 0.361 e. The van der Waals surface area contributed by atoms with Crippen molar-refractivity contribution >= 4 is 55.1 Å². The number of nitrogens with zero attached hydrogens (tertiary/aromatic N) is 3. The SMILES string of the molecule is CCN(CC)CCc1c[nH]c2ccc(NS(=O)(=O)C3C(Cl)=NC4SC=CN43)cc12. The molecule has 2 aliphatic heterocycles. The van der Waals surface area contributed by atoms with Gasteiger partial charge in [-0.05, 0) is 48.7 Å². The molecule has 7 nitrogen and oxygen atoms in total. The Morgan fingerprint density at radius 3 is 2.90 bits per heavy atom. The number of thioether (sulfide) groups is 1. The van der Waals surface area contributed by atoms with E-state index in [-0.39, 0.29) is 10.7 Å². The van der Waals surface area contributed by atoms with Crippen molar-refractivity contribution < 1.29 is 8.42 Å². The summed E-state index contributed by atoms with van der Waals surface area (Å²) < 4.78 is 28.8. The Morgan fingerprint density at radius 2 is 2.14 bits per heavy atom. The second-order valence-corrected chi connectivity index (χ2v) is 10.1. The third kappa shape index (κ3) is 4.01. The van der Waals surface area contributed by atoms with Gasteiger partial charge in [-0.25, -0.2) is 13.4 Å². The van der Waals surface area contributed by atoms with Crippen LogP contribution in [0.2, 0.25) is 0 Å². The van der Waals surface area contributed by atoms with Gasteiger partial charge >= 0.3 is 0 Å². The lowest BCUT2D eigenvalue weighted by atomic mass is 10.1. The first-order valence-corrected chi connectivity index (χ1v) is 12.5. The minimum atomic E-state index is -3.78. The molecule has 0 spiro atoms. The van der Waals surface area contributed by atoms with Gasteiger partial charge in [-0.2, -0.15) is 0 Å². The number of likely N-dealkylation sites (N-methyl/N-ethyl adjacent to an activating group) is 1. The summed E-state index contributed by atoms with van der Waals surface area (Å²) in [4.78, 5) is 11.5. The quantitative estimate of drug-likeness (QED) is 0.638. The van der Waals surface area contributed by atoms with Gasteiger partial charge in [0.15, 0.2) is 5.50 Å². The molecule has 2 aromatic rings. The number of aliphatic imine (C=N–C) groups is 1. The number of hydrogen-bond donors (Lipinski definition) is 2. The van der Waals surface area contributed by atoms with E-state index in [1.54, 1.807) is 17.2 Å². The van der Waals surface area contributed by atoms with Crippen LogP contribution in [0, 0.1) is 0 Å². The van der Waals surface area contributed by atoms with Crippen molar-refractivity contribution in [2.75, 3.05) is 24.4 Å². The highest BCUT2D eigenvalue weighted by Gasteiger charge is 2.44. The van der Waals surface area contributed by atoms with E-state index in [0.29, 0.717) is 5.69 Å². The molecular weight excluding hydrogens is 430 g/mol. The third-order valence-corrected chi connectivity index (χ3v) is 8.19. The van der Waals surface area contributed by atoms with Gasteiger partial charge in [0.25, 0.3) is 10.0 Å². The summed E-state index contributed by atoms with van der Waals surface area (Å²) in [5.74, 6) is 0. The summed E-state index contributed by atoms with van der Waals surface area (Å²) in [5.41, 5.74) is 2.38. The van der Waals surface area contributed by atoms with E-state index in [9.17, 15) is 8.42 Å². The number of sulfonamides is 1. The number of hydrogen-bond acceptors (Lipinski definition) is 6. The van der Waals surface area contributed by atoms with Crippen LogP contribution in [-0.4, -0.2) is 58.9 Å². The van der Waals surface area contributed by atoms with E-state index in [4.69, 9.17) is 11.6 Å². The van der Waals surface area contributed by atoms with Gasteiger partial charge in [-0.15, -0.1) is 0 Å². The van der Waals surface area contributed by atoms with Gasteiger partial charge in [-0.1, -0.05) is 37.2 Å². The first-order valence-electron chi connectivity index (χ1n) is 9.59. The van der Waals surface area contributed by atoms with Crippen LogP contribution in [0.3, 0.4) is 0 Å². The van der Waals surface area contributed by atoms with Crippen molar-refractivity contribution in [1.29, 1.82) is 0 Å². The van der Waals surface area contributed by atoms with Gasteiger partial charge in [0.05, 0.1) is 0 Å². The smallest absolute Gasteiger partial charge is 0.261 e. The number of fused-ring (bicyclic) bond motifs is 2. The van der Waals surface area contributed by atoms with Crippen LogP contribution in [0.5, 0.6) is 0 Å². The van der Waals surface area contributed by atoms with Crippen molar-refractivity contribution in [2.24, 2.45) is 4.99 Å². The number of halogens is 1. The summed E-state index contributed by atoms with van der Waals surface area (Å²) in [6.45, 7) is 7.30. The maximum atomic E-state index is 13.0. The Balaban J connectivity index is 1.56. The molecule has 10 heteroatoms. The molecule has 0 amide bonds. The van der Waals surface area contributed by atoms with Gasteiger partial charge in [0.1, 0.15) is 5.17 Å². The normalized spacial score (nSPS) is 21.2. The fraction of sp³-hybridized carbons (Fsp3) is 0.421. The summed E-state index contributed by atoms with van der Waals surface area (Å²) in [5, 5.41) is 1.93. The molecule has 0 bridgehead atoms. The Hall–Kier alpha value is -1.68. The van der Waals surface area contributed by atoms with E-state index in [2.05, 4.69) is 33.4 Å². The Kier molecular flexibility index (Phi) is 5.83. The zero-order valence-electron chi connectivity index (χ0n) is 16.3. The van der Waals surface area contributed by atoms with Crippen molar-refractivity contribution in [3.8, 4) is 0 Å². The Bertz CT molecular complexity index is 1060. The molecule has 156 valence electrons. The van der Waals surface area contributed by atoms with E-state index in [1.165, 1.54) is 17.3 Å². The van der Waals surface area contributed by atoms with Crippen molar-refractivity contribution in [2.45, 2.75) is 31.1 Å². The maximum absolute atomic E-state index is 13.0. The van der Waals surface area contributed by atoms with E-state index >= 15 is 0 Å². The number of aromatic nitrogens is 1. The number of anilines is 1. The minimum Gasteiger partial charge on any atom is -0.361 e. The molecule has 2 aliphatic rings. The molecule has 3 heterocycles. The van der Waals surface area contributed by atoms with Crippen LogP contribution in [0.15, 0.2) is 41.0 Å². The zero-order valence-corrected chi connectivity index (χ0v) is 18.7. The van der Waals surface area contributed by atoms with Gasteiger partial charge in [-0.3, -0.25) is 4.72 Å². The topological polar surface area (TPSA) is 80.8 Å². The molecule has 2 N–H and O–H groups in total. The lowest BCUT2D eigenvalue weighted by Gasteiger charge is -2.23. The lowest BCUT2D eigenvalue weighted by Crippen LogP contribution is -2.41. The maximum Gasteiger partial charge on any atom is 0.261 e. The molecule has 0 saturated heterocycles. The first kappa shape index (κ1) is 20.6. The monoisotopic (exact) mass is 453 g/mol. The van der Waals surface area contributed by atoms with E-state index in [0.717, 1.165) is 37.0 Å². The zero-order chi connectivity index (χ0) is 20.6. The highest BCUT2D eigenvalue weighted by atomic mass is 35.5. The summed E-state index contributed by atoms with van der Waals surface area (Å²) in [6.07, 6.45) is 4.62. The molecule has 2 unspecified atom stereocenters. The number of nitrogens with one attached hydrogen (secondary N) is 2. The van der Waals surface area contributed by atoms with Crippen LogP contribution in [0.4, 0.5) is 5.69 Å². The van der Waals surface area contributed by atoms with Crippen molar-refractivity contribution in [1.82, 2.24) is 14.8 Å². The molecule has 4 rings (SSSR count). The molecule has 0 aliphatic carbocycles. The summed E-state index contributed by atoms with van der Waals surface area (Å²) in [7, 11) is -3.78. The van der Waals surface area contributed by atoms with Gasteiger partial charge < -0.3 is 14.8 Å². The van der Waals surface area contributed by atoms with Gasteiger partial charge in [0.2, 0.25) is 5.37 Å². The summed E-state index contributed by atoms with van der Waals surface area (Å²) in [6, 6.07) is 5.54. The van der Waals surface area contributed by atoms with Crippen LogP contribution in [0.25, 0.3) is 10.9 Å². The van der Waals surface area contributed by atoms with Crippen LogP contribution in [-0.2, 0) is 16.4 Å². The molecular formula is C19H24ClN5O2S2. The average Bonchev–Trinajstić information content (AvgIpc) is 3.36. The van der Waals surface area contributed by atoms with E-state index in [1.807, 2.05) is 23.7 Å². The third-order valence-electron chi connectivity index (χ3n) is 5.31. The minimum absolute atomic E-state index is 0.0852. The van der Waals surface area contributed by atoms with Crippen molar-refractivity contribution in [3.05, 3.63) is 41.6 Å². The molecule has 0 radical (unpaired) electrons. The predicted octanol–water partition coefficient (Wildman–Crippen LogP) is 3.57. The molecule has 2 atom stereocenters. The highest BCUT2D eigenvalue weighted by molar-refractivity contribution is 8.03. The first-order chi connectivity index (χ1) is 13.9. The number of H-pyrrole nitrogens is 1. The number of benzene rings is 1. The second kappa shape index (κ2) is 8.22. The van der Waals surface area contributed by atoms with Gasteiger partial charge in [0, 0.05) is 35.5 Å². The number of aromatic amines is 1. The van der Waals surface area contributed by atoms with Crippen molar-refractivity contribution in [3.63, 3.8) is 0 Å². The molecule has 1 aromatic heterocycles. The van der Waals surface area contributed by atoms with Crippen LogP contribution >= 0.6 is 23.4 Å². The molecule has 1 aromatic carbocycles. The van der Waals surface area contributed by atoms with Crippen LogP contribution < -0.4 is 4.72 Å².